The molecule has 2 aliphatic heterocycles. The maximum absolute atomic E-state index is 14.0. The summed E-state index contributed by atoms with van der Waals surface area (Å²) in [5.74, 6) is -0.171. The van der Waals surface area contributed by atoms with E-state index in [1.165, 1.54) is 12.4 Å². The lowest BCUT2D eigenvalue weighted by Crippen LogP contribution is -2.50. The van der Waals surface area contributed by atoms with Gasteiger partial charge in [-0.15, -0.1) is 5.10 Å². The molecule has 8 nitrogen and oxygen atoms in total. The molecule has 0 radical (unpaired) electrons. The van der Waals surface area contributed by atoms with Crippen LogP contribution >= 0.6 is 0 Å². The number of tetrazole rings is 1. The highest BCUT2D eigenvalue weighted by molar-refractivity contribution is 5.86. The number of likely N-dealkylation sites (tertiary alicyclic amines) is 2. The summed E-state index contributed by atoms with van der Waals surface area (Å²) in [7, 11) is 0. The van der Waals surface area contributed by atoms with E-state index in [0.717, 1.165) is 12.8 Å². The number of hydrogen-bond donors (Lipinski definition) is 0. The van der Waals surface area contributed by atoms with E-state index in [4.69, 9.17) is 0 Å². The van der Waals surface area contributed by atoms with E-state index in [1.807, 2.05) is 4.90 Å². The molecule has 4 rings (SSSR count). The van der Waals surface area contributed by atoms with Gasteiger partial charge >= 0.3 is 0 Å². The Labute approximate surface area is 168 Å². The number of hydrogen-bond acceptors (Lipinski definition) is 5. The first-order valence-electron chi connectivity index (χ1n) is 10.1. The largest absolute Gasteiger partial charge is 0.342 e. The molecule has 0 saturated carbocycles. The van der Waals surface area contributed by atoms with Crippen molar-refractivity contribution in [2.45, 2.75) is 45.2 Å². The minimum Gasteiger partial charge on any atom is -0.342 e. The fourth-order valence-electron chi connectivity index (χ4n) is 4.43. The highest BCUT2D eigenvalue weighted by Gasteiger charge is 2.49. The summed E-state index contributed by atoms with van der Waals surface area (Å²) in [5.41, 5.74) is 0.0149. The molecule has 1 spiro atoms. The Morgan fingerprint density at radius 3 is 2.86 bits per heavy atom. The van der Waals surface area contributed by atoms with Crippen LogP contribution < -0.4 is 0 Å². The molecular formula is C20H25FN6O2. The normalized spacial score (nSPS) is 21.9. The van der Waals surface area contributed by atoms with Gasteiger partial charge in [0.15, 0.2) is 0 Å². The number of carbonyl (C=O) groups is 2. The third-order valence-corrected chi connectivity index (χ3v) is 6.02. The van der Waals surface area contributed by atoms with Crippen molar-refractivity contribution in [2.75, 3.05) is 19.6 Å². The summed E-state index contributed by atoms with van der Waals surface area (Å²) in [6, 6.07) is 6.58. The van der Waals surface area contributed by atoms with Gasteiger partial charge in [-0.05, 0) is 42.2 Å². The molecule has 0 N–H and O–H groups in total. The van der Waals surface area contributed by atoms with E-state index in [-0.39, 0.29) is 24.2 Å². The van der Waals surface area contributed by atoms with Gasteiger partial charge in [-0.1, -0.05) is 18.2 Å². The van der Waals surface area contributed by atoms with Crippen LogP contribution in [0.5, 0.6) is 0 Å². The number of amides is 2. The second kappa shape index (κ2) is 8.26. The number of rotatable bonds is 6. The highest BCUT2D eigenvalue weighted by Crippen LogP contribution is 2.40. The van der Waals surface area contributed by atoms with Gasteiger partial charge in [-0.25, -0.2) is 9.07 Å². The molecule has 2 saturated heterocycles. The zero-order valence-corrected chi connectivity index (χ0v) is 16.3. The first-order chi connectivity index (χ1) is 14.1. The molecule has 1 aromatic carbocycles. The third kappa shape index (κ3) is 4.13. The van der Waals surface area contributed by atoms with Crippen molar-refractivity contribution in [1.29, 1.82) is 0 Å². The predicted molar refractivity (Wildman–Crippen MR) is 102 cm³/mol. The molecule has 29 heavy (non-hydrogen) atoms. The molecule has 3 heterocycles. The second-order valence-electron chi connectivity index (χ2n) is 7.94. The van der Waals surface area contributed by atoms with E-state index >= 15 is 0 Å². The van der Waals surface area contributed by atoms with Crippen LogP contribution in [0.1, 0.15) is 37.7 Å². The molecule has 2 aromatic rings. The lowest BCUT2D eigenvalue weighted by molar-refractivity contribution is -0.146. The van der Waals surface area contributed by atoms with Crippen LogP contribution in [0, 0.1) is 11.2 Å². The van der Waals surface area contributed by atoms with Gasteiger partial charge in [0.25, 0.3) is 0 Å². The Kier molecular flexibility index (Phi) is 5.55. The molecule has 9 heteroatoms. The maximum atomic E-state index is 14.0. The second-order valence-corrected chi connectivity index (χ2v) is 7.94. The Balaban J connectivity index is 1.35. The number of piperidine rings is 1. The maximum Gasteiger partial charge on any atom is 0.230 e. The monoisotopic (exact) mass is 400 g/mol. The van der Waals surface area contributed by atoms with Crippen molar-refractivity contribution in [3.05, 3.63) is 42.0 Å². The van der Waals surface area contributed by atoms with Gasteiger partial charge in [-0.2, -0.15) is 0 Å². The zero-order valence-electron chi connectivity index (χ0n) is 16.3. The number of aromatic nitrogens is 4. The van der Waals surface area contributed by atoms with Crippen molar-refractivity contribution in [2.24, 2.45) is 5.41 Å². The minimum atomic E-state index is -0.519. The summed E-state index contributed by atoms with van der Waals surface area (Å²) in [6.45, 7) is 2.57. The molecule has 1 atom stereocenters. The number of benzene rings is 1. The summed E-state index contributed by atoms with van der Waals surface area (Å²) in [4.78, 5) is 29.4. The van der Waals surface area contributed by atoms with Crippen LogP contribution in [0.25, 0.3) is 0 Å². The van der Waals surface area contributed by atoms with Crippen LogP contribution in [0.2, 0.25) is 0 Å². The molecule has 2 aliphatic rings. The molecule has 0 unspecified atom stereocenters. The topological polar surface area (TPSA) is 84.2 Å². The Morgan fingerprint density at radius 1 is 1.21 bits per heavy atom. The fourth-order valence-corrected chi connectivity index (χ4v) is 4.43. The van der Waals surface area contributed by atoms with Crippen LogP contribution in [0.4, 0.5) is 4.39 Å². The quantitative estimate of drug-likeness (QED) is 0.736. The average Bonchev–Trinajstić information content (AvgIpc) is 3.38. The first-order valence-corrected chi connectivity index (χ1v) is 10.1. The molecule has 2 amide bonds. The van der Waals surface area contributed by atoms with Gasteiger partial charge in [0.2, 0.25) is 11.8 Å². The van der Waals surface area contributed by atoms with Crippen molar-refractivity contribution >= 4 is 11.8 Å². The van der Waals surface area contributed by atoms with Crippen LogP contribution in [-0.2, 0) is 22.7 Å². The molecular weight excluding hydrogens is 375 g/mol. The Bertz CT molecular complexity index is 874. The molecule has 1 aromatic heterocycles. The minimum absolute atomic E-state index is 0.0518. The van der Waals surface area contributed by atoms with Crippen molar-refractivity contribution in [3.8, 4) is 0 Å². The SMILES string of the molecule is O=C(CCCn1cnnn1)N1CC[C@@]2(CCCN(Cc3ccccc3F)C2=O)C1. The highest BCUT2D eigenvalue weighted by atomic mass is 19.1. The van der Waals surface area contributed by atoms with Gasteiger partial charge in [-0.3, -0.25) is 9.59 Å². The Hall–Kier alpha value is -2.84. The number of aryl methyl sites for hydroxylation is 1. The van der Waals surface area contributed by atoms with Crippen molar-refractivity contribution in [3.63, 3.8) is 0 Å². The molecule has 0 bridgehead atoms. The number of halogens is 1. The van der Waals surface area contributed by atoms with E-state index in [0.29, 0.717) is 51.0 Å². The predicted octanol–water partition coefficient (Wildman–Crippen LogP) is 1.63. The number of nitrogens with zero attached hydrogens (tertiary/aromatic N) is 6. The van der Waals surface area contributed by atoms with Crippen LogP contribution in [0.3, 0.4) is 0 Å². The van der Waals surface area contributed by atoms with Crippen molar-refractivity contribution in [1.82, 2.24) is 30.0 Å². The van der Waals surface area contributed by atoms with Gasteiger partial charge in [0.05, 0.1) is 5.41 Å². The lowest BCUT2D eigenvalue weighted by atomic mass is 9.78. The van der Waals surface area contributed by atoms with E-state index in [2.05, 4.69) is 15.5 Å². The third-order valence-electron chi connectivity index (χ3n) is 6.02. The van der Waals surface area contributed by atoms with E-state index in [1.54, 1.807) is 27.8 Å². The first kappa shape index (κ1) is 19.5. The van der Waals surface area contributed by atoms with Gasteiger partial charge in [0, 0.05) is 44.7 Å². The summed E-state index contributed by atoms with van der Waals surface area (Å²) >= 11 is 0. The smallest absolute Gasteiger partial charge is 0.230 e. The summed E-state index contributed by atoms with van der Waals surface area (Å²) in [5, 5.41) is 10.9. The summed E-state index contributed by atoms with van der Waals surface area (Å²) < 4.78 is 15.6. The standard InChI is InChI=1S/C20H25FN6O2/c21-17-6-2-1-5-16(17)13-25-10-4-8-20(19(25)29)9-12-26(14-20)18(28)7-3-11-27-15-22-23-24-27/h1-2,5-6,15H,3-4,7-14H2/t20-/m0/s1. The lowest BCUT2D eigenvalue weighted by Gasteiger charge is -2.39. The van der Waals surface area contributed by atoms with E-state index in [9.17, 15) is 14.0 Å². The van der Waals surface area contributed by atoms with Crippen LogP contribution in [-0.4, -0.2) is 61.5 Å². The molecule has 0 aliphatic carbocycles. The van der Waals surface area contributed by atoms with Crippen LogP contribution in [0.15, 0.2) is 30.6 Å². The van der Waals surface area contributed by atoms with Crippen molar-refractivity contribution < 1.29 is 14.0 Å². The molecule has 2 fully saturated rings. The molecule has 154 valence electrons. The average molecular weight is 400 g/mol. The fraction of sp³-hybridized carbons (Fsp3) is 0.550. The zero-order chi connectivity index (χ0) is 20.3. The van der Waals surface area contributed by atoms with Gasteiger partial charge in [0.1, 0.15) is 12.1 Å². The Morgan fingerprint density at radius 2 is 2.07 bits per heavy atom. The van der Waals surface area contributed by atoms with Gasteiger partial charge < -0.3 is 9.80 Å². The summed E-state index contributed by atoms with van der Waals surface area (Å²) in [6.07, 6.45) is 4.93. The van der Waals surface area contributed by atoms with E-state index < -0.39 is 5.41 Å². The number of carbonyl (C=O) groups excluding carboxylic acids is 2.